The van der Waals surface area contributed by atoms with Crippen LogP contribution in [-0.2, 0) is 4.74 Å². The first-order valence-electron chi connectivity index (χ1n) is 10.8. The Bertz CT molecular complexity index is 1300. The van der Waals surface area contributed by atoms with E-state index in [9.17, 15) is 4.79 Å². The molecule has 4 rings (SSSR count). The largest absolute Gasteiger partial charge is 0.457 e. The zero-order valence-electron chi connectivity index (χ0n) is 18.8. The number of fused-ring (bicyclic) bond motifs is 1. The van der Waals surface area contributed by atoms with Crippen LogP contribution in [0.15, 0.2) is 72.9 Å². The van der Waals surface area contributed by atoms with Crippen LogP contribution in [0, 0.1) is 12.8 Å². The minimum Gasteiger partial charge on any atom is -0.457 e. The number of rotatable bonds is 6. The fourth-order valence-electron chi connectivity index (χ4n) is 3.55. The molecule has 168 valence electrons. The van der Waals surface area contributed by atoms with Gasteiger partial charge in [-0.25, -0.2) is 4.79 Å². The lowest BCUT2D eigenvalue weighted by molar-refractivity contribution is 0.147. The van der Waals surface area contributed by atoms with Crippen LogP contribution in [0.4, 0.5) is 10.5 Å². The van der Waals surface area contributed by atoms with Gasteiger partial charge in [0, 0.05) is 23.3 Å². The summed E-state index contributed by atoms with van der Waals surface area (Å²) in [6.07, 6.45) is 1.35. The summed E-state index contributed by atoms with van der Waals surface area (Å²) in [4.78, 5) is 16.5. The van der Waals surface area contributed by atoms with Gasteiger partial charge in [0.1, 0.15) is 11.5 Å². The van der Waals surface area contributed by atoms with Crippen molar-refractivity contribution in [2.24, 2.45) is 5.92 Å². The Hall–Kier alpha value is -3.57. The third kappa shape index (κ3) is 5.44. The van der Waals surface area contributed by atoms with Crippen LogP contribution in [0.25, 0.3) is 22.0 Å². The third-order valence-corrected chi connectivity index (χ3v) is 5.33. The number of nitrogens with one attached hydrogen (secondary N) is 1. The molecule has 6 heteroatoms. The van der Waals surface area contributed by atoms with Gasteiger partial charge in [-0.15, -0.1) is 0 Å². The normalized spacial score (nSPS) is 10.9. The molecule has 1 heterocycles. The first kappa shape index (κ1) is 22.6. The first-order chi connectivity index (χ1) is 15.9. The van der Waals surface area contributed by atoms with Crippen molar-refractivity contribution >= 4 is 34.3 Å². The minimum atomic E-state index is -0.485. The Balaban J connectivity index is 1.58. The SMILES string of the molecule is Cc1cnc2c(Cl)cccc2c1-c1cccc(Oc2cccc(NC(=O)OCC(C)C)c2)c1. The molecule has 0 saturated heterocycles. The molecular formula is C27H25ClN2O3. The number of amides is 1. The molecule has 1 N–H and O–H groups in total. The van der Waals surface area contributed by atoms with Crippen molar-refractivity contribution in [1.29, 1.82) is 0 Å². The Morgan fingerprint density at radius 2 is 1.76 bits per heavy atom. The van der Waals surface area contributed by atoms with Gasteiger partial charge in [-0.2, -0.15) is 0 Å². The second-order valence-electron chi connectivity index (χ2n) is 8.23. The number of nitrogens with zero attached hydrogens (tertiary/aromatic N) is 1. The molecule has 0 aliphatic carbocycles. The highest BCUT2D eigenvalue weighted by Gasteiger charge is 2.12. The molecule has 1 aromatic heterocycles. The van der Waals surface area contributed by atoms with Crippen LogP contribution in [-0.4, -0.2) is 17.7 Å². The van der Waals surface area contributed by atoms with Gasteiger partial charge in [0.15, 0.2) is 0 Å². The molecule has 0 saturated carbocycles. The van der Waals surface area contributed by atoms with Crippen molar-refractivity contribution in [3.05, 3.63) is 83.5 Å². The highest BCUT2D eigenvalue weighted by atomic mass is 35.5. The van der Waals surface area contributed by atoms with Gasteiger partial charge in [-0.1, -0.05) is 55.8 Å². The average Bonchev–Trinajstić information content (AvgIpc) is 2.78. The van der Waals surface area contributed by atoms with Gasteiger partial charge in [0.25, 0.3) is 0 Å². The zero-order chi connectivity index (χ0) is 23.4. The number of carbonyl (C=O) groups is 1. The maximum absolute atomic E-state index is 12.0. The topological polar surface area (TPSA) is 60.5 Å². The molecule has 0 bridgehead atoms. The van der Waals surface area contributed by atoms with E-state index in [1.54, 1.807) is 12.1 Å². The third-order valence-electron chi connectivity index (χ3n) is 5.02. The lowest BCUT2D eigenvalue weighted by atomic mass is 9.97. The van der Waals surface area contributed by atoms with E-state index >= 15 is 0 Å². The number of hydrogen-bond acceptors (Lipinski definition) is 4. The second kappa shape index (κ2) is 9.92. The molecule has 4 aromatic rings. The number of para-hydroxylation sites is 1. The molecular weight excluding hydrogens is 436 g/mol. The molecule has 0 radical (unpaired) electrons. The Morgan fingerprint density at radius 1 is 1.03 bits per heavy atom. The quantitative estimate of drug-likeness (QED) is 0.318. The van der Waals surface area contributed by atoms with Crippen LogP contribution in [0.1, 0.15) is 19.4 Å². The zero-order valence-corrected chi connectivity index (χ0v) is 19.5. The van der Waals surface area contributed by atoms with Crippen molar-refractivity contribution < 1.29 is 14.3 Å². The molecule has 33 heavy (non-hydrogen) atoms. The van der Waals surface area contributed by atoms with Crippen molar-refractivity contribution in [3.63, 3.8) is 0 Å². The smallest absolute Gasteiger partial charge is 0.411 e. The highest BCUT2D eigenvalue weighted by molar-refractivity contribution is 6.35. The lowest BCUT2D eigenvalue weighted by Gasteiger charge is -2.13. The maximum Gasteiger partial charge on any atom is 0.411 e. The first-order valence-corrected chi connectivity index (χ1v) is 11.1. The number of pyridine rings is 1. The van der Waals surface area contributed by atoms with E-state index in [0.717, 1.165) is 27.6 Å². The molecule has 3 aromatic carbocycles. The predicted octanol–water partition coefficient (Wildman–Crippen LogP) is 7.86. The van der Waals surface area contributed by atoms with E-state index in [1.165, 1.54) is 0 Å². The van der Waals surface area contributed by atoms with Crippen molar-refractivity contribution in [2.45, 2.75) is 20.8 Å². The van der Waals surface area contributed by atoms with Gasteiger partial charge in [0.05, 0.1) is 17.1 Å². The Morgan fingerprint density at radius 3 is 2.55 bits per heavy atom. The number of ether oxygens (including phenoxy) is 2. The van der Waals surface area contributed by atoms with Gasteiger partial charge < -0.3 is 9.47 Å². The summed E-state index contributed by atoms with van der Waals surface area (Å²) in [5.74, 6) is 1.56. The second-order valence-corrected chi connectivity index (χ2v) is 8.63. The Kier molecular flexibility index (Phi) is 6.80. The van der Waals surface area contributed by atoms with Gasteiger partial charge in [0.2, 0.25) is 0 Å². The average molecular weight is 461 g/mol. The van der Waals surface area contributed by atoms with E-state index in [1.807, 2.05) is 81.6 Å². The number of aryl methyl sites for hydroxylation is 1. The van der Waals surface area contributed by atoms with Crippen LogP contribution < -0.4 is 10.1 Å². The van der Waals surface area contributed by atoms with Gasteiger partial charge in [-0.05, 0) is 59.9 Å². The van der Waals surface area contributed by atoms with Gasteiger partial charge in [-0.3, -0.25) is 10.3 Å². The number of anilines is 1. The van der Waals surface area contributed by atoms with E-state index < -0.39 is 6.09 Å². The fourth-order valence-corrected chi connectivity index (χ4v) is 3.78. The minimum absolute atomic E-state index is 0.273. The predicted molar refractivity (Wildman–Crippen MR) is 133 cm³/mol. The van der Waals surface area contributed by atoms with E-state index in [-0.39, 0.29) is 5.92 Å². The van der Waals surface area contributed by atoms with E-state index in [2.05, 4.69) is 10.3 Å². The fraction of sp³-hybridized carbons (Fsp3) is 0.185. The molecule has 0 spiro atoms. The lowest BCUT2D eigenvalue weighted by Crippen LogP contribution is -2.16. The van der Waals surface area contributed by atoms with Crippen molar-refractivity contribution in [1.82, 2.24) is 4.98 Å². The number of benzene rings is 3. The summed E-state index contributed by atoms with van der Waals surface area (Å²) in [5, 5.41) is 4.35. The van der Waals surface area contributed by atoms with Crippen LogP contribution >= 0.6 is 11.6 Å². The summed E-state index contributed by atoms with van der Waals surface area (Å²) in [5.41, 5.74) is 4.49. The van der Waals surface area contributed by atoms with Crippen LogP contribution in [0.5, 0.6) is 11.5 Å². The number of carbonyl (C=O) groups excluding carboxylic acids is 1. The molecule has 0 aliphatic heterocycles. The summed E-state index contributed by atoms with van der Waals surface area (Å²) >= 11 is 6.37. The molecule has 1 amide bonds. The van der Waals surface area contributed by atoms with Crippen molar-refractivity contribution in [3.8, 4) is 22.6 Å². The standard InChI is InChI=1S/C27H25ClN2O3/c1-17(2)16-32-27(31)30-20-8-5-10-22(14-20)33-21-9-4-7-19(13-21)25-18(3)15-29-26-23(25)11-6-12-24(26)28/h4-15,17H,16H2,1-3H3,(H,30,31). The Labute approximate surface area is 198 Å². The summed E-state index contributed by atoms with van der Waals surface area (Å²) in [6, 6.07) is 20.9. The van der Waals surface area contributed by atoms with Crippen LogP contribution in [0.3, 0.4) is 0 Å². The highest BCUT2D eigenvalue weighted by Crippen LogP contribution is 2.35. The molecule has 0 unspecified atom stereocenters. The maximum atomic E-state index is 12.0. The number of hydrogen-bond donors (Lipinski definition) is 1. The van der Waals surface area contributed by atoms with Crippen molar-refractivity contribution in [2.75, 3.05) is 11.9 Å². The van der Waals surface area contributed by atoms with E-state index in [0.29, 0.717) is 28.8 Å². The molecule has 0 fully saturated rings. The summed E-state index contributed by atoms with van der Waals surface area (Å²) < 4.78 is 11.3. The molecule has 0 atom stereocenters. The monoisotopic (exact) mass is 460 g/mol. The summed E-state index contributed by atoms with van der Waals surface area (Å²) in [6.45, 7) is 6.37. The summed E-state index contributed by atoms with van der Waals surface area (Å²) in [7, 11) is 0. The molecule has 0 aliphatic rings. The van der Waals surface area contributed by atoms with Crippen LogP contribution in [0.2, 0.25) is 5.02 Å². The van der Waals surface area contributed by atoms with E-state index in [4.69, 9.17) is 21.1 Å². The molecule has 5 nitrogen and oxygen atoms in total. The number of halogens is 1. The number of aromatic nitrogens is 1. The van der Waals surface area contributed by atoms with Gasteiger partial charge >= 0.3 is 6.09 Å².